The number of aliphatic carboxylic acids is 1. The van der Waals surface area contributed by atoms with E-state index in [1.165, 1.54) is 4.90 Å². The zero-order chi connectivity index (χ0) is 14.2. The van der Waals surface area contributed by atoms with Crippen LogP contribution in [-0.2, 0) is 16.6 Å². The SMILES string of the molecule is C[C@@H]1CN(C(=O)c2cc(Br)cn2C)CC(C(=O)O)O1. The van der Waals surface area contributed by atoms with Gasteiger partial charge in [0.15, 0.2) is 6.10 Å². The minimum atomic E-state index is -1.04. The first-order chi connectivity index (χ1) is 8.88. The summed E-state index contributed by atoms with van der Waals surface area (Å²) in [7, 11) is 1.77. The summed E-state index contributed by atoms with van der Waals surface area (Å²) in [6, 6.07) is 1.72. The smallest absolute Gasteiger partial charge is 0.334 e. The molecule has 1 aromatic heterocycles. The van der Waals surface area contributed by atoms with Gasteiger partial charge in [-0.15, -0.1) is 0 Å². The Labute approximate surface area is 119 Å². The highest BCUT2D eigenvalue weighted by Crippen LogP contribution is 2.18. The monoisotopic (exact) mass is 330 g/mol. The van der Waals surface area contributed by atoms with Gasteiger partial charge < -0.3 is 19.3 Å². The standard InChI is InChI=1S/C12H15BrN2O4/c1-7-4-15(6-10(19-7)12(17)18)11(16)9-3-8(13)5-14(9)2/h3,5,7,10H,4,6H2,1-2H3,(H,17,18)/t7-,10?/m1/s1. The van der Waals surface area contributed by atoms with Gasteiger partial charge in [-0.05, 0) is 28.9 Å². The summed E-state index contributed by atoms with van der Waals surface area (Å²) < 4.78 is 7.81. The second kappa shape index (κ2) is 5.34. The molecule has 2 heterocycles. The molecule has 6 nitrogen and oxygen atoms in total. The first-order valence-corrected chi connectivity index (χ1v) is 6.67. The fourth-order valence-corrected chi connectivity index (χ4v) is 2.68. The number of carboxylic acid groups (broad SMARTS) is 1. The van der Waals surface area contributed by atoms with Crippen LogP contribution in [0.5, 0.6) is 0 Å². The van der Waals surface area contributed by atoms with Gasteiger partial charge in [-0.1, -0.05) is 0 Å². The van der Waals surface area contributed by atoms with Crippen molar-refractivity contribution in [2.45, 2.75) is 19.1 Å². The lowest BCUT2D eigenvalue weighted by atomic mass is 10.2. The number of amides is 1. The Hall–Kier alpha value is -1.34. The van der Waals surface area contributed by atoms with E-state index in [1.807, 2.05) is 0 Å². The number of carboxylic acids is 1. The van der Waals surface area contributed by atoms with Crippen molar-refractivity contribution in [2.24, 2.45) is 7.05 Å². The van der Waals surface area contributed by atoms with Crippen molar-refractivity contribution in [3.8, 4) is 0 Å². The molecule has 19 heavy (non-hydrogen) atoms. The molecule has 1 fully saturated rings. The number of rotatable bonds is 2. The number of aryl methyl sites for hydroxylation is 1. The molecular formula is C12H15BrN2O4. The Morgan fingerprint density at radius 2 is 2.16 bits per heavy atom. The number of carbonyl (C=O) groups excluding carboxylic acids is 1. The summed E-state index contributed by atoms with van der Waals surface area (Å²) in [4.78, 5) is 24.9. The van der Waals surface area contributed by atoms with Crippen LogP contribution in [0, 0.1) is 0 Å². The van der Waals surface area contributed by atoms with E-state index >= 15 is 0 Å². The summed E-state index contributed by atoms with van der Waals surface area (Å²) in [5, 5.41) is 9.01. The van der Waals surface area contributed by atoms with Crippen molar-refractivity contribution < 1.29 is 19.4 Å². The summed E-state index contributed by atoms with van der Waals surface area (Å²) >= 11 is 3.31. The lowest BCUT2D eigenvalue weighted by Gasteiger charge is -2.34. The second-order valence-electron chi connectivity index (χ2n) is 4.64. The average Bonchev–Trinajstić information content (AvgIpc) is 2.66. The van der Waals surface area contributed by atoms with Crippen LogP contribution in [0.4, 0.5) is 0 Å². The molecule has 1 aliphatic heterocycles. The van der Waals surface area contributed by atoms with Crippen molar-refractivity contribution in [3.63, 3.8) is 0 Å². The zero-order valence-corrected chi connectivity index (χ0v) is 12.3. The molecule has 0 saturated carbocycles. The van der Waals surface area contributed by atoms with Crippen LogP contribution < -0.4 is 0 Å². The molecule has 0 radical (unpaired) electrons. The molecule has 1 unspecified atom stereocenters. The van der Waals surface area contributed by atoms with Crippen LogP contribution in [0.15, 0.2) is 16.7 Å². The molecular weight excluding hydrogens is 316 g/mol. The molecule has 0 aromatic carbocycles. The maximum absolute atomic E-state index is 12.4. The van der Waals surface area contributed by atoms with Gasteiger partial charge in [-0.25, -0.2) is 4.79 Å². The molecule has 1 N–H and O–H groups in total. The third-order valence-corrected chi connectivity index (χ3v) is 3.45. The Morgan fingerprint density at radius 3 is 2.68 bits per heavy atom. The Morgan fingerprint density at radius 1 is 1.47 bits per heavy atom. The van der Waals surface area contributed by atoms with E-state index in [0.29, 0.717) is 12.2 Å². The highest BCUT2D eigenvalue weighted by Gasteiger charge is 2.33. The highest BCUT2D eigenvalue weighted by atomic mass is 79.9. The molecule has 7 heteroatoms. The fourth-order valence-electron chi connectivity index (χ4n) is 2.15. The number of halogens is 1. The molecule has 1 aliphatic rings. The first kappa shape index (κ1) is 14.1. The van der Waals surface area contributed by atoms with Gasteiger partial charge in [0, 0.05) is 24.3 Å². The molecule has 0 spiro atoms. The van der Waals surface area contributed by atoms with Gasteiger partial charge in [0.2, 0.25) is 0 Å². The van der Waals surface area contributed by atoms with Crippen LogP contribution in [0.1, 0.15) is 17.4 Å². The van der Waals surface area contributed by atoms with E-state index in [9.17, 15) is 9.59 Å². The van der Waals surface area contributed by atoms with Crippen molar-refractivity contribution >= 4 is 27.8 Å². The van der Waals surface area contributed by atoms with E-state index in [2.05, 4.69) is 15.9 Å². The van der Waals surface area contributed by atoms with Gasteiger partial charge in [0.05, 0.1) is 12.6 Å². The number of ether oxygens (including phenoxy) is 1. The molecule has 104 valence electrons. The van der Waals surface area contributed by atoms with Crippen LogP contribution in [0.2, 0.25) is 0 Å². The number of hydrogen-bond donors (Lipinski definition) is 1. The molecule has 1 amide bonds. The predicted molar refractivity (Wildman–Crippen MR) is 71.0 cm³/mol. The lowest BCUT2D eigenvalue weighted by Crippen LogP contribution is -2.52. The van der Waals surface area contributed by atoms with Crippen molar-refractivity contribution in [2.75, 3.05) is 13.1 Å². The highest BCUT2D eigenvalue weighted by molar-refractivity contribution is 9.10. The summed E-state index contributed by atoms with van der Waals surface area (Å²) in [5.41, 5.74) is 0.519. The second-order valence-corrected chi connectivity index (χ2v) is 5.55. The number of hydrogen-bond acceptors (Lipinski definition) is 3. The van der Waals surface area contributed by atoms with Gasteiger partial charge in [-0.3, -0.25) is 4.79 Å². The number of carbonyl (C=O) groups is 2. The molecule has 1 saturated heterocycles. The zero-order valence-electron chi connectivity index (χ0n) is 10.7. The average molecular weight is 331 g/mol. The molecule has 0 aliphatic carbocycles. The Bertz CT molecular complexity index is 514. The molecule has 2 atom stereocenters. The van der Waals surface area contributed by atoms with Crippen LogP contribution >= 0.6 is 15.9 Å². The lowest BCUT2D eigenvalue weighted by molar-refractivity contribution is -0.160. The Kier molecular flexibility index (Phi) is 3.96. The molecule has 0 bridgehead atoms. The predicted octanol–water partition coefficient (Wildman–Crippen LogP) is 1.10. The normalized spacial score (nSPS) is 23.4. The van der Waals surface area contributed by atoms with Crippen LogP contribution in [-0.4, -0.2) is 51.7 Å². The topological polar surface area (TPSA) is 71.8 Å². The van der Waals surface area contributed by atoms with Gasteiger partial charge >= 0.3 is 5.97 Å². The summed E-state index contributed by atoms with van der Waals surface area (Å²) in [6.07, 6.45) is 0.533. The fraction of sp³-hybridized carbons (Fsp3) is 0.500. The van der Waals surface area contributed by atoms with Gasteiger partial charge in [0.1, 0.15) is 5.69 Å². The van der Waals surface area contributed by atoms with Crippen molar-refractivity contribution in [3.05, 3.63) is 22.4 Å². The van der Waals surface area contributed by atoms with E-state index < -0.39 is 12.1 Å². The first-order valence-electron chi connectivity index (χ1n) is 5.88. The summed E-state index contributed by atoms with van der Waals surface area (Å²) in [5.74, 6) is -1.23. The van der Waals surface area contributed by atoms with E-state index in [1.54, 1.807) is 30.8 Å². The number of nitrogens with zero attached hydrogens (tertiary/aromatic N) is 2. The number of aromatic nitrogens is 1. The maximum atomic E-state index is 12.4. The third kappa shape index (κ3) is 2.98. The Balaban J connectivity index is 2.18. The van der Waals surface area contributed by atoms with Crippen molar-refractivity contribution in [1.29, 1.82) is 0 Å². The largest absolute Gasteiger partial charge is 0.479 e. The van der Waals surface area contributed by atoms with Gasteiger partial charge in [-0.2, -0.15) is 0 Å². The van der Waals surface area contributed by atoms with Gasteiger partial charge in [0.25, 0.3) is 5.91 Å². The maximum Gasteiger partial charge on any atom is 0.334 e. The third-order valence-electron chi connectivity index (χ3n) is 3.01. The van der Waals surface area contributed by atoms with E-state index in [4.69, 9.17) is 9.84 Å². The quantitative estimate of drug-likeness (QED) is 0.881. The minimum Gasteiger partial charge on any atom is -0.479 e. The molecule has 1 aromatic rings. The number of morpholine rings is 1. The van der Waals surface area contributed by atoms with Crippen LogP contribution in [0.3, 0.4) is 0 Å². The van der Waals surface area contributed by atoms with Crippen molar-refractivity contribution in [1.82, 2.24) is 9.47 Å². The minimum absolute atomic E-state index is 0.0707. The van der Waals surface area contributed by atoms with E-state index in [0.717, 1.165) is 4.47 Å². The van der Waals surface area contributed by atoms with E-state index in [-0.39, 0.29) is 18.6 Å². The molecule has 2 rings (SSSR count). The van der Waals surface area contributed by atoms with Crippen LogP contribution in [0.25, 0.3) is 0 Å². The summed E-state index contributed by atoms with van der Waals surface area (Å²) in [6.45, 7) is 2.23.